The molecule has 1 heterocycles. The molecule has 2 aromatic carbocycles. The molecule has 0 unspecified atom stereocenters. The van der Waals surface area contributed by atoms with Gasteiger partial charge in [0.1, 0.15) is 36.5 Å². The first-order chi connectivity index (χ1) is 14.7. The Hall–Kier alpha value is -2.21. The number of aromatic nitrogens is 3. The molecular weight excluding hydrogens is 471 g/mol. The van der Waals surface area contributed by atoms with E-state index in [1.807, 2.05) is 0 Å². The van der Waals surface area contributed by atoms with Crippen molar-refractivity contribution in [2.45, 2.75) is 25.2 Å². The monoisotopic (exact) mass is 485 g/mol. The van der Waals surface area contributed by atoms with E-state index in [0.717, 1.165) is 6.07 Å². The van der Waals surface area contributed by atoms with E-state index in [1.165, 1.54) is 35.5 Å². The van der Waals surface area contributed by atoms with Gasteiger partial charge in [0.25, 0.3) is 0 Å². The summed E-state index contributed by atoms with van der Waals surface area (Å²) in [7, 11) is 0. The van der Waals surface area contributed by atoms with Crippen LogP contribution in [0.25, 0.3) is 0 Å². The van der Waals surface area contributed by atoms with Crippen LogP contribution < -0.4 is 0 Å². The van der Waals surface area contributed by atoms with Crippen LogP contribution in [0.15, 0.2) is 43.0 Å². The van der Waals surface area contributed by atoms with E-state index in [4.69, 9.17) is 39.5 Å². The molecule has 3 rings (SSSR count). The predicted molar refractivity (Wildman–Crippen MR) is 114 cm³/mol. The average Bonchev–Trinajstić information content (AvgIpc) is 3.19. The van der Waals surface area contributed by atoms with Gasteiger partial charge in [-0.2, -0.15) is 5.10 Å². The molecule has 0 spiro atoms. The third kappa shape index (κ3) is 5.53. The molecule has 0 aliphatic heterocycles. The number of hydrogen-bond donors (Lipinski definition) is 1. The lowest BCUT2D eigenvalue weighted by atomic mass is 9.88. The van der Waals surface area contributed by atoms with E-state index >= 15 is 0 Å². The van der Waals surface area contributed by atoms with Gasteiger partial charge in [0.2, 0.25) is 0 Å². The van der Waals surface area contributed by atoms with Gasteiger partial charge in [-0.3, -0.25) is 0 Å². The number of nitrogens with zero attached hydrogens (tertiary/aromatic N) is 3. The molecule has 0 aliphatic carbocycles. The molecule has 0 aliphatic rings. The van der Waals surface area contributed by atoms with Crippen LogP contribution in [0.1, 0.15) is 18.1 Å². The fourth-order valence-corrected chi connectivity index (χ4v) is 3.84. The van der Waals surface area contributed by atoms with Crippen LogP contribution in [-0.2, 0) is 16.9 Å². The van der Waals surface area contributed by atoms with Crippen molar-refractivity contribution in [3.05, 3.63) is 80.8 Å². The molecule has 0 radical (unpaired) electrons. The standard InChI is InChI=1S/C21H16Cl3F2N3O2/c1-13(31-6-2-3-16-18(23)7-14(22)8-19(16)24)21(30,10-29-12-27-11-28-29)17-5-4-15(25)9-20(17)26/h4-5,7-9,11-13,30H,6,10H2,1H3/t13-,21-/m1/s1. The van der Waals surface area contributed by atoms with Gasteiger partial charge >= 0.3 is 0 Å². The smallest absolute Gasteiger partial charge is 0.138 e. The second kappa shape index (κ2) is 9.94. The van der Waals surface area contributed by atoms with E-state index in [9.17, 15) is 13.9 Å². The zero-order chi connectivity index (χ0) is 22.6. The summed E-state index contributed by atoms with van der Waals surface area (Å²) in [6, 6.07) is 5.94. The number of benzene rings is 2. The van der Waals surface area contributed by atoms with Crippen molar-refractivity contribution in [2.75, 3.05) is 6.61 Å². The first kappa shape index (κ1) is 23.5. The summed E-state index contributed by atoms with van der Waals surface area (Å²) in [5, 5.41) is 16.2. The summed E-state index contributed by atoms with van der Waals surface area (Å²) in [5.41, 5.74) is -1.65. The topological polar surface area (TPSA) is 60.2 Å². The maximum Gasteiger partial charge on any atom is 0.138 e. The molecule has 0 amide bonds. The molecule has 162 valence electrons. The summed E-state index contributed by atoms with van der Waals surface area (Å²) < 4.78 is 34.9. The van der Waals surface area contributed by atoms with Crippen molar-refractivity contribution in [1.29, 1.82) is 0 Å². The van der Waals surface area contributed by atoms with Crippen molar-refractivity contribution >= 4 is 34.8 Å². The van der Waals surface area contributed by atoms with Crippen LogP contribution in [0.3, 0.4) is 0 Å². The second-order valence-corrected chi connectivity index (χ2v) is 7.89. The molecule has 0 saturated heterocycles. The molecule has 2 atom stereocenters. The Morgan fingerprint density at radius 1 is 1.19 bits per heavy atom. The van der Waals surface area contributed by atoms with Crippen molar-refractivity contribution < 1.29 is 18.6 Å². The predicted octanol–water partition coefficient (Wildman–Crippen LogP) is 4.86. The van der Waals surface area contributed by atoms with Gasteiger partial charge in [-0.15, -0.1) is 0 Å². The summed E-state index contributed by atoms with van der Waals surface area (Å²) in [6.07, 6.45) is 1.68. The van der Waals surface area contributed by atoms with Gasteiger partial charge in [0.15, 0.2) is 0 Å². The average molecular weight is 487 g/mol. The highest BCUT2D eigenvalue weighted by Crippen LogP contribution is 2.32. The summed E-state index contributed by atoms with van der Waals surface area (Å²) in [5.74, 6) is 3.87. The molecule has 0 fully saturated rings. The molecule has 3 aromatic rings. The number of hydrogen-bond acceptors (Lipinski definition) is 4. The fourth-order valence-electron chi connectivity index (χ4n) is 2.93. The summed E-state index contributed by atoms with van der Waals surface area (Å²) in [6.45, 7) is 1.24. The van der Waals surface area contributed by atoms with Gasteiger partial charge in [-0.25, -0.2) is 18.4 Å². The minimum absolute atomic E-state index is 0.126. The minimum Gasteiger partial charge on any atom is -0.380 e. The third-order valence-corrected chi connectivity index (χ3v) is 5.38. The Kier molecular flexibility index (Phi) is 7.52. The van der Waals surface area contributed by atoms with Crippen molar-refractivity contribution in [2.24, 2.45) is 0 Å². The Bertz CT molecular complexity index is 1110. The Labute approximate surface area is 192 Å². The van der Waals surface area contributed by atoms with E-state index in [1.54, 1.807) is 6.92 Å². The largest absolute Gasteiger partial charge is 0.380 e. The molecule has 31 heavy (non-hydrogen) atoms. The Morgan fingerprint density at radius 3 is 2.52 bits per heavy atom. The van der Waals surface area contributed by atoms with Gasteiger partial charge in [-0.05, 0) is 25.1 Å². The Balaban J connectivity index is 1.82. The van der Waals surface area contributed by atoms with Crippen LogP contribution in [-0.4, -0.2) is 32.6 Å². The van der Waals surface area contributed by atoms with Crippen LogP contribution in [0.2, 0.25) is 15.1 Å². The number of ether oxygens (including phenoxy) is 1. The van der Waals surface area contributed by atoms with Gasteiger partial charge in [0.05, 0.1) is 28.3 Å². The molecular formula is C21H16Cl3F2N3O2. The number of aliphatic hydroxyl groups is 1. The number of rotatable bonds is 6. The fraction of sp³-hybridized carbons (Fsp3) is 0.238. The molecule has 1 N–H and O–H groups in total. The third-order valence-electron chi connectivity index (χ3n) is 4.57. The lowest BCUT2D eigenvalue weighted by molar-refractivity contribution is -0.111. The molecule has 0 bridgehead atoms. The van der Waals surface area contributed by atoms with Gasteiger partial charge in [-0.1, -0.05) is 52.7 Å². The highest BCUT2D eigenvalue weighted by Gasteiger charge is 2.40. The highest BCUT2D eigenvalue weighted by molar-refractivity contribution is 6.39. The second-order valence-electron chi connectivity index (χ2n) is 6.64. The lowest BCUT2D eigenvalue weighted by Gasteiger charge is -2.34. The van der Waals surface area contributed by atoms with Crippen LogP contribution in [0, 0.1) is 23.5 Å². The Morgan fingerprint density at radius 2 is 1.90 bits per heavy atom. The summed E-state index contributed by atoms with van der Waals surface area (Å²) in [4.78, 5) is 3.82. The van der Waals surface area contributed by atoms with Crippen LogP contribution in [0.5, 0.6) is 0 Å². The molecule has 10 heteroatoms. The zero-order valence-corrected chi connectivity index (χ0v) is 18.4. The highest BCUT2D eigenvalue weighted by atomic mass is 35.5. The zero-order valence-electron chi connectivity index (χ0n) is 16.1. The van der Waals surface area contributed by atoms with Crippen LogP contribution in [0.4, 0.5) is 8.78 Å². The first-order valence-corrected chi connectivity index (χ1v) is 10.1. The van der Waals surface area contributed by atoms with Gasteiger partial charge < -0.3 is 9.84 Å². The van der Waals surface area contributed by atoms with E-state index in [0.29, 0.717) is 16.7 Å². The minimum atomic E-state index is -1.89. The van der Waals surface area contributed by atoms with Crippen molar-refractivity contribution in [3.8, 4) is 11.8 Å². The van der Waals surface area contributed by atoms with Crippen molar-refractivity contribution in [3.63, 3.8) is 0 Å². The van der Waals surface area contributed by atoms with E-state index < -0.39 is 23.3 Å². The quantitative estimate of drug-likeness (QED) is 0.506. The molecule has 0 saturated carbocycles. The maximum absolute atomic E-state index is 14.5. The molecule has 5 nitrogen and oxygen atoms in total. The first-order valence-electron chi connectivity index (χ1n) is 8.96. The van der Waals surface area contributed by atoms with E-state index in [2.05, 4.69) is 21.9 Å². The van der Waals surface area contributed by atoms with Crippen LogP contribution >= 0.6 is 34.8 Å². The van der Waals surface area contributed by atoms with Gasteiger partial charge in [0, 0.05) is 16.7 Å². The molecule has 1 aromatic heterocycles. The van der Waals surface area contributed by atoms with E-state index in [-0.39, 0.29) is 28.8 Å². The normalized spacial score (nSPS) is 13.9. The number of halogens is 5. The SMILES string of the molecule is C[C@@H](OCC#Cc1c(Cl)cc(Cl)cc1Cl)[C@](O)(Cn1cncn1)c1ccc(F)cc1F. The lowest BCUT2D eigenvalue weighted by Crippen LogP contribution is -2.44. The van der Waals surface area contributed by atoms with Crippen molar-refractivity contribution in [1.82, 2.24) is 14.8 Å². The maximum atomic E-state index is 14.5. The summed E-state index contributed by atoms with van der Waals surface area (Å²) >= 11 is 18.1.